The highest BCUT2D eigenvalue weighted by Gasteiger charge is 2.34. The molecular weight excluding hydrogens is 200 g/mol. The van der Waals surface area contributed by atoms with Gasteiger partial charge in [0.05, 0.1) is 20.3 Å². The topological polar surface area (TPSA) is 18.5 Å². The van der Waals surface area contributed by atoms with E-state index in [0.29, 0.717) is 0 Å². The molecule has 16 heavy (non-hydrogen) atoms. The molecule has 2 nitrogen and oxygen atoms in total. The lowest BCUT2D eigenvalue weighted by Gasteiger charge is -2.38. The second-order valence-corrected chi connectivity index (χ2v) is 4.49. The van der Waals surface area contributed by atoms with Gasteiger partial charge in [0.2, 0.25) is 0 Å². The Bertz CT molecular complexity index is 299. The van der Waals surface area contributed by atoms with Gasteiger partial charge < -0.3 is 9.47 Å². The van der Waals surface area contributed by atoms with E-state index in [1.165, 1.54) is 12.0 Å². The van der Waals surface area contributed by atoms with E-state index in [2.05, 4.69) is 32.9 Å². The van der Waals surface area contributed by atoms with Crippen LogP contribution in [0.5, 0.6) is 5.75 Å². The normalized spacial score (nSPS) is 16.8. The van der Waals surface area contributed by atoms with Crippen LogP contribution in [0.1, 0.15) is 32.8 Å². The quantitative estimate of drug-likeness (QED) is 0.763. The minimum Gasteiger partial charge on any atom is -0.497 e. The lowest BCUT2D eigenvalue weighted by molar-refractivity contribution is -0.0500. The van der Waals surface area contributed by atoms with Crippen LogP contribution in [0.2, 0.25) is 0 Å². The van der Waals surface area contributed by atoms with E-state index >= 15 is 0 Å². The average molecular weight is 222 g/mol. The van der Waals surface area contributed by atoms with Crippen molar-refractivity contribution in [3.63, 3.8) is 0 Å². The molecule has 1 aliphatic heterocycles. The van der Waals surface area contributed by atoms with Crippen molar-refractivity contribution in [2.24, 2.45) is 0 Å². The largest absolute Gasteiger partial charge is 0.497 e. The molecule has 1 fully saturated rings. The number of methoxy groups -OCH3 is 1. The molecule has 90 valence electrons. The molecule has 1 aliphatic rings. The van der Waals surface area contributed by atoms with Gasteiger partial charge >= 0.3 is 0 Å². The van der Waals surface area contributed by atoms with Crippen molar-refractivity contribution in [2.75, 3.05) is 20.3 Å². The van der Waals surface area contributed by atoms with E-state index in [9.17, 15) is 0 Å². The van der Waals surface area contributed by atoms with Gasteiger partial charge in [-0.2, -0.15) is 0 Å². The standard InChI is InChI=1S/C11H14O2.C3H8/c1-11(7-13-8-11)9-3-5-10(12-2)6-4-9;1-3-2/h3-6H,7-8H2,1-2H3;3H2,1-2H3. The summed E-state index contributed by atoms with van der Waals surface area (Å²) in [6.07, 6.45) is 1.25. The van der Waals surface area contributed by atoms with Crippen LogP contribution in [0.25, 0.3) is 0 Å². The summed E-state index contributed by atoms with van der Waals surface area (Å²) in [5.41, 5.74) is 1.56. The SMILES string of the molecule is CCC.COc1ccc(C2(C)COC2)cc1. The number of benzene rings is 1. The summed E-state index contributed by atoms with van der Waals surface area (Å²) in [4.78, 5) is 0. The van der Waals surface area contributed by atoms with E-state index in [-0.39, 0.29) is 5.41 Å². The predicted octanol–water partition coefficient (Wildman–Crippen LogP) is 3.40. The molecular formula is C14H22O2. The van der Waals surface area contributed by atoms with Gasteiger partial charge in [-0.1, -0.05) is 39.3 Å². The van der Waals surface area contributed by atoms with E-state index in [1.807, 2.05) is 12.1 Å². The summed E-state index contributed by atoms with van der Waals surface area (Å²) in [5, 5.41) is 0. The minimum absolute atomic E-state index is 0.228. The fourth-order valence-corrected chi connectivity index (χ4v) is 1.57. The van der Waals surface area contributed by atoms with Crippen molar-refractivity contribution in [3.8, 4) is 5.75 Å². The van der Waals surface area contributed by atoms with Crippen molar-refractivity contribution >= 4 is 0 Å². The molecule has 0 bridgehead atoms. The van der Waals surface area contributed by atoms with Crippen LogP contribution in [0.3, 0.4) is 0 Å². The monoisotopic (exact) mass is 222 g/mol. The van der Waals surface area contributed by atoms with Gasteiger partial charge in [-0.15, -0.1) is 0 Å². The fraction of sp³-hybridized carbons (Fsp3) is 0.571. The lowest BCUT2D eigenvalue weighted by Crippen LogP contribution is -2.43. The van der Waals surface area contributed by atoms with Gasteiger partial charge in [0.25, 0.3) is 0 Å². The molecule has 0 aromatic heterocycles. The summed E-state index contributed by atoms with van der Waals surface area (Å²) in [5.74, 6) is 0.910. The van der Waals surface area contributed by atoms with Crippen molar-refractivity contribution < 1.29 is 9.47 Å². The lowest BCUT2D eigenvalue weighted by atomic mass is 9.81. The smallest absolute Gasteiger partial charge is 0.118 e. The molecule has 1 saturated heterocycles. The first-order chi connectivity index (χ1) is 7.66. The van der Waals surface area contributed by atoms with E-state index in [1.54, 1.807) is 7.11 Å². The molecule has 0 atom stereocenters. The zero-order chi connectivity index (χ0) is 12.0. The second kappa shape index (κ2) is 5.90. The van der Waals surface area contributed by atoms with Crippen molar-refractivity contribution in [2.45, 2.75) is 32.6 Å². The minimum atomic E-state index is 0.228. The first-order valence-corrected chi connectivity index (χ1v) is 5.88. The van der Waals surface area contributed by atoms with E-state index in [4.69, 9.17) is 9.47 Å². The molecule has 2 rings (SSSR count). The molecule has 0 unspecified atom stereocenters. The summed E-state index contributed by atoms with van der Waals surface area (Å²) in [6, 6.07) is 8.22. The van der Waals surface area contributed by atoms with Crippen LogP contribution in [-0.2, 0) is 10.2 Å². The van der Waals surface area contributed by atoms with Crippen LogP contribution >= 0.6 is 0 Å². The molecule has 0 saturated carbocycles. The predicted molar refractivity (Wildman–Crippen MR) is 67.1 cm³/mol. The molecule has 0 amide bonds. The van der Waals surface area contributed by atoms with Gasteiger partial charge in [-0.3, -0.25) is 0 Å². The third-order valence-corrected chi connectivity index (χ3v) is 2.63. The Hall–Kier alpha value is -1.02. The van der Waals surface area contributed by atoms with Crippen LogP contribution in [0.4, 0.5) is 0 Å². The van der Waals surface area contributed by atoms with Gasteiger partial charge in [0.15, 0.2) is 0 Å². The Morgan fingerprint density at radius 1 is 1.19 bits per heavy atom. The number of hydrogen-bond acceptors (Lipinski definition) is 2. The summed E-state index contributed by atoms with van der Waals surface area (Å²) in [7, 11) is 1.68. The summed E-state index contributed by atoms with van der Waals surface area (Å²) in [6.45, 7) is 8.14. The maximum absolute atomic E-state index is 5.22. The van der Waals surface area contributed by atoms with Crippen molar-refractivity contribution in [1.29, 1.82) is 0 Å². The second-order valence-electron chi connectivity index (χ2n) is 4.49. The van der Waals surface area contributed by atoms with Gasteiger partial charge in [-0.25, -0.2) is 0 Å². The molecule has 1 aromatic rings. The molecule has 0 radical (unpaired) electrons. The summed E-state index contributed by atoms with van der Waals surface area (Å²) >= 11 is 0. The van der Waals surface area contributed by atoms with Gasteiger partial charge in [0, 0.05) is 5.41 Å². The molecule has 2 heteroatoms. The third kappa shape index (κ3) is 2.99. The molecule has 1 aromatic carbocycles. The van der Waals surface area contributed by atoms with Gasteiger partial charge in [-0.05, 0) is 17.7 Å². The third-order valence-electron chi connectivity index (χ3n) is 2.63. The zero-order valence-electron chi connectivity index (χ0n) is 10.7. The van der Waals surface area contributed by atoms with E-state index in [0.717, 1.165) is 19.0 Å². The van der Waals surface area contributed by atoms with Crippen LogP contribution < -0.4 is 4.74 Å². The van der Waals surface area contributed by atoms with Gasteiger partial charge in [0.1, 0.15) is 5.75 Å². The highest BCUT2D eigenvalue weighted by Crippen LogP contribution is 2.32. The maximum Gasteiger partial charge on any atom is 0.118 e. The zero-order valence-corrected chi connectivity index (χ0v) is 10.7. The highest BCUT2D eigenvalue weighted by atomic mass is 16.5. The molecule has 0 spiro atoms. The Labute approximate surface area is 98.6 Å². The van der Waals surface area contributed by atoms with Crippen molar-refractivity contribution in [3.05, 3.63) is 29.8 Å². The molecule has 0 aliphatic carbocycles. The molecule has 0 N–H and O–H groups in total. The van der Waals surface area contributed by atoms with Crippen LogP contribution in [-0.4, -0.2) is 20.3 Å². The Morgan fingerprint density at radius 2 is 1.69 bits per heavy atom. The van der Waals surface area contributed by atoms with Crippen LogP contribution in [0.15, 0.2) is 24.3 Å². The maximum atomic E-state index is 5.22. The number of hydrogen-bond donors (Lipinski definition) is 0. The van der Waals surface area contributed by atoms with E-state index < -0.39 is 0 Å². The Morgan fingerprint density at radius 3 is 2.00 bits per heavy atom. The Balaban J connectivity index is 0.000000386. The van der Waals surface area contributed by atoms with Crippen LogP contribution in [0, 0.1) is 0 Å². The number of ether oxygens (including phenoxy) is 2. The average Bonchev–Trinajstić information content (AvgIpc) is 2.27. The molecule has 1 heterocycles. The Kier molecular flexibility index (Phi) is 4.81. The summed E-state index contributed by atoms with van der Waals surface area (Å²) < 4.78 is 10.3. The first kappa shape index (κ1) is 13.0. The first-order valence-electron chi connectivity index (χ1n) is 5.88. The van der Waals surface area contributed by atoms with Crippen molar-refractivity contribution in [1.82, 2.24) is 0 Å². The highest BCUT2D eigenvalue weighted by molar-refractivity contribution is 5.33. The number of rotatable bonds is 2. The fourth-order valence-electron chi connectivity index (χ4n) is 1.57.